The molecule has 1 unspecified atom stereocenters. The van der Waals surface area contributed by atoms with Gasteiger partial charge in [0.25, 0.3) is 0 Å². The summed E-state index contributed by atoms with van der Waals surface area (Å²) in [6.07, 6.45) is 12.6. The third-order valence-corrected chi connectivity index (χ3v) is 7.81. The fraction of sp³-hybridized carbons (Fsp3) is 0.609. The molecule has 3 nitrogen and oxygen atoms in total. The highest BCUT2D eigenvalue weighted by atomic mass is 32.2. The Balaban J connectivity index is 1.44. The highest BCUT2D eigenvalue weighted by Gasteiger charge is 2.46. The summed E-state index contributed by atoms with van der Waals surface area (Å²) in [5, 5.41) is 8.70. The zero-order chi connectivity index (χ0) is 19.1. The van der Waals surface area contributed by atoms with Crippen molar-refractivity contribution in [2.75, 3.05) is 5.75 Å². The van der Waals surface area contributed by atoms with Gasteiger partial charge in [0.15, 0.2) is 0 Å². The molecule has 0 spiro atoms. The molecule has 27 heavy (non-hydrogen) atoms. The molecule has 0 heterocycles. The van der Waals surface area contributed by atoms with Crippen molar-refractivity contribution in [3.05, 3.63) is 48.0 Å². The van der Waals surface area contributed by atoms with Crippen LogP contribution in [-0.2, 0) is 21.3 Å². The minimum Gasteiger partial charge on any atom is -0.481 e. The highest BCUT2D eigenvalue weighted by molar-refractivity contribution is 7.84. The van der Waals surface area contributed by atoms with Gasteiger partial charge in [-0.2, -0.15) is 0 Å². The van der Waals surface area contributed by atoms with E-state index in [1.165, 1.54) is 24.8 Å². The lowest BCUT2D eigenvalue weighted by molar-refractivity contribution is -0.137. The molecule has 2 aliphatic rings. The number of benzene rings is 1. The molecule has 0 amide bonds. The molecule has 4 heteroatoms. The van der Waals surface area contributed by atoms with Crippen molar-refractivity contribution in [3.8, 4) is 0 Å². The second kappa shape index (κ2) is 10.2. The second-order valence-electron chi connectivity index (χ2n) is 8.22. The van der Waals surface area contributed by atoms with Gasteiger partial charge in [0.2, 0.25) is 0 Å². The lowest BCUT2D eigenvalue weighted by Crippen LogP contribution is -2.24. The molecule has 148 valence electrons. The van der Waals surface area contributed by atoms with Crippen LogP contribution in [0.5, 0.6) is 0 Å². The van der Waals surface area contributed by atoms with E-state index < -0.39 is 16.8 Å². The van der Waals surface area contributed by atoms with Crippen molar-refractivity contribution >= 4 is 16.8 Å². The summed E-state index contributed by atoms with van der Waals surface area (Å²) < 4.78 is 12.5. The molecule has 1 aromatic carbocycles. The molecular weight excluding hydrogens is 356 g/mol. The number of hydrogen-bond donors (Lipinski definition) is 1. The molecule has 0 saturated heterocycles. The Morgan fingerprint density at radius 1 is 1.11 bits per heavy atom. The number of aliphatic carboxylic acids is 1. The first kappa shape index (κ1) is 20.3. The SMILES string of the molecule is O=C(O)CCC/C=C\C[C@H]1[C@H]2CC[C@H](C2)[C@H]1CCS(=O)Cc1ccccc1. The smallest absolute Gasteiger partial charge is 0.303 e. The summed E-state index contributed by atoms with van der Waals surface area (Å²) in [4.78, 5) is 10.6. The number of carboxylic acids is 1. The first-order valence-corrected chi connectivity index (χ1v) is 11.9. The van der Waals surface area contributed by atoms with Crippen LogP contribution in [0, 0.1) is 23.7 Å². The Morgan fingerprint density at radius 3 is 2.59 bits per heavy atom. The third-order valence-electron chi connectivity index (χ3n) is 6.46. The fourth-order valence-electron chi connectivity index (χ4n) is 5.19. The molecule has 0 aliphatic heterocycles. The van der Waals surface area contributed by atoms with Gasteiger partial charge in [-0.3, -0.25) is 9.00 Å². The van der Waals surface area contributed by atoms with Crippen LogP contribution < -0.4 is 0 Å². The molecule has 5 atom stereocenters. The Labute approximate surface area is 165 Å². The Morgan fingerprint density at radius 2 is 1.85 bits per heavy atom. The summed E-state index contributed by atoms with van der Waals surface area (Å²) in [7, 11) is -0.772. The predicted molar refractivity (Wildman–Crippen MR) is 111 cm³/mol. The standard InChI is InChI=1S/C23H32O3S/c24-23(25)11-7-2-1-6-10-21-19-12-13-20(16-19)22(21)14-15-27(26)17-18-8-4-3-5-9-18/h1,3-6,8-9,19-22H,2,7,10-17H2,(H,24,25)/b6-1-/t19-,20+,21-,22+,27?/m0/s1. The van der Waals surface area contributed by atoms with Crippen molar-refractivity contribution in [3.63, 3.8) is 0 Å². The second-order valence-corrected chi connectivity index (χ2v) is 9.79. The first-order chi connectivity index (χ1) is 13.1. The molecule has 2 fully saturated rings. The number of rotatable bonds is 11. The van der Waals surface area contributed by atoms with Crippen molar-refractivity contribution < 1.29 is 14.1 Å². The van der Waals surface area contributed by atoms with Crippen molar-refractivity contribution in [1.29, 1.82) is 0 Å². The summed E-state index contributed by atoms with van der Waals surface area (Å²) in [6, 6.07) is 10.2. The lowest BCUT2D eigenvalue weighted by Gasteiger charge is -2.30. The van der Waals surface area contributed by atoms with Crippen LogP contribution in [0.25, 0.3) is 0 Å². The molecular formula is C23H32O3S. The highest BCUT2D eigenvalue weighted by Crippen LogP contribution is 2.54. The zero-order valence-corrected chi connectivity index (χ0v) is 16.9. The average molecular weight is 389 g/mol. The number of carboxylic acid groups (broad SMARTS) is 1. The fourth-order valence-corrected chi connectivity index (χ4v) is 6.43. The van der Waals surface area contributed by atoms with Gasteiger partial charge >= 0.3 is 5.97 Å². The maximum atomic E-state index is 12.5. The monoisotopic (exact) mass is 388 g/mol. The van der Waals surface area contributed by atoms with Gasteiger partial charge in [0.05, 0.1) is 0 Å². The summed E-state index contributed by atoms with van der Waals surface area (Å²) in [5.74, 6) is 3.96. The van der Waals surface area contributed by atoms with Crippen LogP contribution in [0.15, 0.2) is 42.5 Å². The number of unbranched alkanes of at least 4 members (excludes halogenated alkanes) is 1. The van der Waals surface area contributed by atoms with Gasteiger partial charge in [0.1, 0.15) is 0 Å². The van der Waals surface area contributed by atoms with Crippen molar-refractivity contribution in [1.82, 2.24) is 0 Å². The van der Waals surface area contributed by atoms with Gasteiger partial charge in [-0.1, -0.05) is 42.5 Å². The van der Waals surface area contributed by atoms with Crippen LogP contribution >= 0.6 is 0 Å². The van der Waals surface area contributed by atoms with E-state index >= 15 is 0 Å². The van der Waals surface area contributed by atoms with E-state index in [2.05, 4.69) is 24.3 Å². The van der Waals surface area contributed by atoms with Crippen molar-refractivity contribution in [2.45, 2.75) is 57.1 Å². The van der Waals surface area contributed by atoms with E-state index in [4.69, 9.17) is 5.11 Å². The minimum absolute atomic E-state index is 0.258. The Hall–Kier alpha value is -1.42. The molecule has 0 radical (unpaired) electrons. The molecule has 1 aromatic rings. The average Bonchev–Trinajstić information content (AvgIpc) is 3.25. The van der Waals surface area contributed by atoms with E-state index in [0.29, 0.717) is 5.75 Å². The number of allylic oxidation sites excluding steroid dienone is 2. The van der Waals surface area contributed by atoms with Gasteiger partial charge < -0.3 is 5.11 Å². The zero-order valence-electron chi connectivity index (χ0n) is 16.1. The third kappa shape index (κ3) is 6.03. The van der Waals surface area contributed by atoms with Gasteiger partial charge in [-0.15, -0.1) is 0 Å². The van der Waals surface area contributed by atoms with Gasteiger partial charge in [-0.05, 0) is 74.2 Å². The summed E-state index contributed by atoms with van der Waals surface area (Å²) in [5.41, 5.74) is 1.17. The largest absolute Gasteiger partial charge is 0.481 e. The van der Waals surface area contributed by atoms with E-state index in [9.17, 15) is 9.00 Å². The van der Waals surface area contributed by atoms with Crippen LogP contribution in [-0.4, -0.2) is 21.0 Å². The maximum absolute atomic E-state index is 12.5. The molecule has 2 aliphatic carbocycles. The predicted octanol–water partition coefficient (Wildman–Crippen LogP) is 5.19. The quantitative estimate of drug-likeness (QED) is 0.419. The van der Waals surface area contributed by atoms with E-state index in [1.54, 1.807) is 0 Å². The number of fused-ring (bicyclic) bond motifs is 2. The normalized spacial score (nSPS) is 28.0. The molecule has 2 saturated carbocycles. The number of carbonyl (C=O) groups is 1. The van der Waals surface area contributed by atoms with E-state index in [0.717, 1.165) is 55.1 Å². The minimum atomic E-state index is -0.772. The van der Waals surface area contributed by atoms with Crippen molar-refractivity contribution in [2.24, 2.45) is 23.7 Å². The maximum Gasteiger partial charge on any atom is 0.303 e. The van der Waals surface area contributed by atoms with Crippen LogP contribution in [0.1, 0.15) is 56.9 Å². The molecule has 3 rings (SSSR count). The van der Waals surface area contributed by atoms with Crippen LogP contribution in [0.4, 0.5) is 0 Å². The number of hydrogen-bond acceptors (Lipinski definition) is 2. The first-order valence-electron chi connectivity index (χ1n) is 10.4. The molecule has 1 N–H and O–H groups in total. The summed E-state index contributed by atoms with van der Waals surface area (Å²) in [6.45, 7) is 0. The van der Waals surface area contributed by atoms with E-state index in [1.807, 2.05) is 18.2 Å². The lowest BCUT2D eigenvalue weighted by atomic mass is 9.76. The molecule has 2 bridgehead atoms. The molecule has 0 aromatic heterocycles. The van der Waals surface area contributed by atoms with Crippen LogP contribution in [0.2, 0.25) is 0 Å². The van der Waals surface area contributed by atoms with Crippen LogP contribution in [0.3, 0.4) is 0 Å². The van der Waals surface area contributed by atoms with Gasteiger partial charge in [-0.25, -0.2) is 0 Å². The topological polar surface area (TPSA) is 54.4 Å². The van der Waals surface area contributed by atoms with Gasteiger partial charge in [0, 0.05) is 28.7 Å². The summed E-state index contributed by atoms with van der Waals surface area (Å²) >= 11 is 0. The Bertz CT molecular complexity index is 655. The van der Waals surface area contributed by atoms with E-state index in [-0.39, 0.29) is 6.42 Å². The Kier molecular flexibility index (Phi) is 7.69.